The van der Waals surface area contributed by atoms with E-state index in [-0.39, 0.29) is 0 Å². The molecule has 2 aliphatic rings. The van der Waals surface area contributed by atoms with Gasteiger partial charge in [0.15, 0.2) is 0 Å². The summed E-state index contributed by atoms with van der Waals surface area (Å²) in [5, 5.41) is 0. The lowest BCUT2D eigenvalue weighted by molar-refractivity contribution is -0.123. The third-order valence-corrected chi connectivity index (χ3v) is 4.05. The van der Waals surface area contributed by atoms with Crippen LogP contribution in [-0.4, -0.2) is 54.3 Å². The van der Waals surface area contributed by atoms with Gasteiger partial charge in [-0.05, 0) is 33.9 Å². The zero-order chi connectivity index (χ0) is 11.0. The van der Waals surface area contributed by atoms with Gasteiger partial charge in [-0.3, -0.25) is 9.69 Å². The molecule has 15 heavy (non-hydrogen) atoms. The molecule has 2 saturated heterocycles. The Kier molecular flexibility index (Phi) is 3.12. The molecule has 0 aliphatic carbocycles. The minimum absolute atomic E-state index is 0.483. The standard InChI is InChI=1S/C12H22N2O/c1-9(13(2)3)8-14-10-4-5-11(14)7-12(15)6-10/h9-11H,4-8H2,1-3H3. The van der Waals surface area contributed by atoms with E-state index >= 15 is 0 Å². The number of ketones is 1. The molecule has 86 valence electrons. The molecule has 2 fully saturated rings. The van der Waals surface area contributed by atoms with Gasteiger partial charge in [0, 0.05) is 37.5 Å². The molecule has 3 nitrogen and oxygen atoms in total. The van der Waals surface area contributed by atoms with E-state index in [4.69, 9.17) is 0 Å². The summed E-state index contributed by atoms with van der Waals surface area (Å²) in [7, 11) is 4.25. The van der Waals surface area contributed by atoms with Gasteiger partial charge in [0.05, 0.1) is 0 Å². The quantitative estimate of drug-likeness (QED) is 0.698. The van der Waals surface area contributed by atoms with Crippen molar-refractivity contribution in [1.29, 1.82) is 0 Å². The van der Waals surface area contributed by atoms with Gasteiger partial charge in [0.1, 0.15) is 5.78 Å². The zero-order valence-corrected chi connectivity index (χ0v) is 10.1. The fraction of sp³-hybridized carbons (Fsp3) is 0.917. The molecule has 2 aliphatic heterocycles. The minimum Gasteiger partial charge on any atom is -0.305 e. The van der Waals surface area contributed by atoms with E-state index in [1.807, 2.05) is 0 Å². The monoisotopic (exact) mass is 210 g/mol. The lowest BCUT2D eigenvalue weighted by Gasteiger charge is -2.37. The van der Waals surface area contributed by atoms with E-state index in [0.29, 0.717) is 23.9 Å². The second-order valence-corrected chi connectivity index (χ2v) is 5.34. The molecule has 2 bridgehead atoms. The Morgan fingerprint density at radius 3 is 2.33 bits per heavy atom. The molecule has 3 unspecified atom stereocenters. The average Bonchev–Trinajstić information content (AvgIpc) is 2.42. The van der Waals surface area contributed by atoms with Crippen molar-refractivity contribution in [3.05, 3.63) is 0 Å². The molecular formula is C12H22N2O. The molecule has 3 heteroatoms. The average molecular weight is 210 g/mol. The van der Waals surface area contributed by atoms with Gasteiger partial charge in [0.2, 0.25) is 0 Å². The highest BCUT2D eigenvalue weighted by atomic mass is 16.1. The van der Waals surface area contributed by atoms with Crippen molar-refractivity contribution in [3.63, 3.8) is 0 Å². The first-order valence-corrected chi connectivity index (χ1v) is 6.02. The summed E-state index contributed by atoms with van der Waals surface area (Å²) in [6.07, 6.45) is 4.07. The molecule has 0 radical (unpaired) electrons. The molecule has 0 aromatic rings. The van der Waals surface area contributed by atoms with E-state index in [2.05, 4.69) is 30.8 Å². The van der Waals surface area contributed by atoms with Crippen LogP contribution in [0.5, 0.6) is 0 Å². The van der Waals surface area contributed by atoms with Crippen LogP contribution in [0.25, 0.3) is 0 Å². The van der Waals surface area contributed by atoms with Gasteiger partial charge < -0.3 is 4.90 Å². The highest BCUT2D eigenvalue weighted by Crippen LogP contribution is 2.33. The Balaban J connectivity index is 1.96. The molecule has 0 spiro atoms. The second-order valence-electron chi connectivity index (χ2n) is 5.34. The van der Waals surface area contributed by atoms with Crippen molar-refractivity contribution in [2.24, 2.45) is 0 Å². The maximum atomic E-state index is 11.5. The summed E-state index contributed by atoms with van der Waals surface area (Å²) < 4.78 is 0. The third-order valence-electron chi connectivity index (χ3n) is 4.05. The number of Topliss-reactive ketones (excluding diaryl/α,β-unsaturated/α-hetero) is 1. The molecule has 2 rings (SSSR count). The number of carbonyl (C=O) groups excluding carboxylic acids is 1. The summed E-state index contributed by atoms with van der Waals surface area (Å²) in [5.74, 6) is 0.483. The lowest BCUT2D eigenvalue weighted by Crippen LogP contribution is -2.48. The molecule has 2 heterocycles. The Morgan fingerprint density at radius 1 is 1.33 bits per heavy atom. The number of hydrogen-bond donors (Lipinski definition) is 0. The molecule has 0 N–H and O–H groups in total. The predicted octanol–water partition coefficient (Wildman–Crippen LogP) is 1.13. The largest absolute Gasteiger partial charge is 0.305 e. The fourth-order valence-corrected chi connectivity index (χ4v) is 2.83. The van der Waals surface area contributed by atoms with E-state index in [1.165, 1.54) is 12.8 Å². The van der Waals surface area contributed by atoms with Crippen molar-refractivity contribution in [2.45, 2.75) is 50.7 Å². The summed E-state index contributed by atoms with van der Waals surface area (Å²) >= 11 is 0. The van der Waals surface area contributed by atoms with Gasteiger partial charge >= 0.3 is 0 Å². The summed E-state index contributed by atoms with van der Waals surface area (Å²) in [5.41, 5.74) is 0. The first-order chi connectivity index (χ1) is 7.08. The van der Waals surface area contributed by atoms with Crippen molar-refractivity contribution < 1.29 is 4.79 Å². The molecule has 0 amide bonds. The van der Waals surface area contributed by atoms with E-state index < -0.39 is 0 Å². The Bertz CT molecular complexity index is 236. The van der Waals surface area contributed by atoms with E-state index in [1.54, 1.807) is 0 Å². The van der Waals surface area contributed by atoms with E-state index in [0.717, 1.165) is 19.4 Å². The third kappa shape index (κ3) is 2.23. The van der Waals surface area contributed by atoms with Crippen molar-refractivity contribution in [3.8, 4) is 0 Å². The van der Waals surface area contributed by atoms with Gasteiger partial charge in [0.25, 0.3) is 0 Å². The molecular weight excluding hydrogens is 188 g/mol. The predicted molar refractivity (Wildman–Crippen MR) is 60.9 cm³/mol. The lowest BCUT2D eigenvalue weighted by atomic mass is 10.0. The number of rotatable bonds is 3. The Hall–Kier alpha value is -0.410. The van der Waals surface area contributed by atoms with Gasteiger partial charge in [-0.2, -0.15) is 0 Å². The fourth-order valence-electron chi connectivity index (χ4n) is 2.83. The number of hydrogen-bond acceptors (Lipinski definition) is 3. The van der Waals surface area contributed by atoms with E-state index in [9.17, 15) is 4.79 Å². The second kappa shape index (κ2) is 4.22. The maximum Gasteiger partial charge on any atom is 0.136 e. The Labute approximate surface area is 92.4 Å². The summed E-state index contributed by atoms with van der Waals surface area (Å²) in [4.78, 5) is 16.3. The van der Waals surface area contributed by atoms with Crippen LogP contribution in [0, 0.1) is 0 Å². The van der Waals surface area contributed by atoms with Crippen LogP contribution in [-0.2, 0) is 4.79 Å². The maximum absolute atomic E-state index is 11.5. The minimum atomic E-state index is 0.483. The van der Waals surface area contributed by atoms with Crippen LogP contribution in [0.1, 0.15) is 32.6 Å². The number of likely N-dealkylation sites (N-methyl/N-ethyl adjacent to an activating group) is 1. The van der Waals surface area contributed by atoms with Gasteiger partial charge in [-0.1, -0.05) is 0 Å². The summed E-state index contributed by atoms with van der Waals surface area (Å²) in [6, 6.07) is 1.69. The van der Waals surface area contributed by atoms with Crippen LogP contribution in [0.4, 0.5) is 0 Å². The highest BCUT2D eigenvalue weighted by Gasteiger charge is 2.40. The number of carbonyl (C=O) groups is 1. The van der Waals surface area contributed by atoms with Crippen LogP contribution in [0.3, 0.4) is 0 Å². The van der Waals surface area contributed by atoms with Crippen LogP contribution < -0.4 is 0 Å². The first kappa shape index (κ1) is 11.1. The van der Waals surface area contributed by atoms with Gasteiger partial charge in [-0.15, -0.1) is 0 Å². The molecule has 3 atom stereocenters. The molecule has 0 saturated carbocycles. The smallest absolute Gasteiger partial charge is 0.136 e. The number of piperidine rings is 1. The van der Waals surface area contributed by atoms with Gasteiger partial charge in [-0.25, -0.2) is 0 Å². The normalized spacial score (nSPS) is 33.7. The Morgan fingerprint density at radius 2 is 1.87 bits per heavy atom. The van der Waals surface area contributed by atoms with Crippen molar-refractivity contribution in [1.82, 2.24) is 9.80 Å². The zero-order valence-electron chi connectivity index (χ0n) is 10.1. The summed E-state index contributed by atoms with van der Waals surface area (Å²) in [6.45, 7) is 3.38. The molecule has 0 aromatic carbocycles. The topological polar surface area (TPSA) is 23.6 Å². The van der Waals surface area contributed by atoms with Crippen molar-refractivity contribution >= 4 is 5.78 Å². The first-order valence-electron chi connectivity index (χ1n) is 6.02. The number of fused-ring (bicyclic) bond motifs is 2. The van der Waals surface area contributed by atoms with Crippen LogP contribution >= 0.6 is 0 Å². The SMILES string of the molecule is CC(CN1C2CCC1CC(=O)C2)N(C)C. The van der Waals surface area contributed by atoms with Crippen LogP contribution in [0.2, 0.25) is 0 Å². The number of nitrogens with zero attached hydrogens (tertiary/aromatic N) is 2. The molecule has 0 aromatic heterocycles. The van der Waals surface area contributed by atoms with Crippen molar-refractivity contribution in [2.75, 3.05) is 20.6 Å². The van der Waals surface area contributed by atoms with Crippen LogP contribution in [0.15, 0.2) is 0 Å². The highest BCUT2D eigenvalue weighted by molar-refractivity contribution is 5.80.